The Bertz CT molecular complexity index is 1060. The normalized spacial score (nSPS) is 10.7. The summed E-state index contributed by atoms with van der Waals surface area (Å²) in [5, 5.41) is 14.1. The summed E-state index contributed by atoms with van der Waals surface area (Å²) in [6, 6.07) is 15.0. The average Bonchev–Trinajstić information content (AvgIpc) is 3.33. The Kier molecular flexibility index (Phi) is 4.80. The average molecular weight is 423 g/mol. The second-order valence-corrected chi connectivity index (χ2v) is 6.80. The zero-order valence-corrected chi connectivity index (χ0v) is 15.7. The van der Waals surface area contributed by atoms with Crippen LogP contribution in [0.15, 0.2) is 71.6 Å². The van der Waals surface area contributed by atoms with Gasteiger partial charge < -0.3 is 5.32 Å². The third kappa shape index (κ3) is 4.12. The number of H-pyrrole nitrogens is 1. The third-order valence-corrected chi connectivity index (χ3v) is 4.47. The highest BCUT2D eigenvalue weighted by molar-refractivity contribution is 9.10. The van der Waals surface area contributed by atoms with Gasteiger partial charge in [-0.25, -0.2) is 0 Å². The maximum Gasteiger partial charge on any atom is 0.274 e. The van der Waals surface area contributed by atoms with Crippen molar-refractivity contribution in [2.75, 3.05) is 5.32 Å². The van der Waals surface area contributed by atoms with E-state index >= 15 is 0 Å². The van der Waals surface area contributed by atoms with Gasteiger partial charge in [-0.3, -0.25) is 19.6 Å². The van der Waals surface area contributed by atoms with E-state index in [1.165, 1.54) is 0 Å². The fourth-order valence-electron chi connectivity index (χ4n) is 2.58. The summed E-state index contributed by atoms with van der Waals surface area (Å²) in [6.45, 7) is 0.607. The zero-order chi connectivity index (χ0) is 18.6. The highest BCUT2D eigenvalue weighted by Gasteiger charge is 2.12. The lowest BCUT2D eigenvalue weighted by Gasteiger charge is -2.01. The highest BCUT2D eigenvalue weighted by atomic mass is 79.9. The van der Waals surface area contributed by atoms with Gasteiger partial charge in [-0.1, -0.05) is 28.1 Å². The monoisotopic (exact) mass is 422 g/mol. The van der Waals surface area contributed by atoms with Gasteiger partial charge in [0.05, 0.1) is 12.2 Å². The van der Waals surface area contributed by atoms with Crippen molar-refractivity contribution >= 4 is 27.7 Å². The van der Waals surface area contributed by atoms with Crippen molar-refractivity contribution in [2.24, 2.45) is 0 Å². The second-order valence-electron chi connectivity index (χ2n) is 5.88. The summed E-state index contributed by atoms with van der Waals surface area (Å²) in [6.07, 6.45) is 5.29. The highest BCUT2D eigenvalue weighted by Crippen LogP contribution is 2.20. The van der Waals surface area contributed by atoms with Gasteiger partial charge in [0, 0.05) is 34.7 Å². The Hall–Kier alpha value is -3.26. The van der Waals surface area contributed by atoms with Crippen molar-refractivity contribution < 1.29 is 4.79 Å². The number of rotatable bonds is 5. The van der Waals surface area contributed by atoms with Crippen molar-refractivity contribution in [3.63, 3.8) is 0 Å². The SMILES string of the molecule is O=C(Nc1ccn(Cc2ccncc2)n1)c1cc(-c2ccc(Br)cc2)n[nH]1. The lowest BCUT2D eigenvalue weighted by Crippen LogP contribution is -2.13. The number of nitrogens with one attached hydrogen (secondary N) is 2. The van der Waals surface area contributed by atoms with Crippen LogP contribution in [0.4, 0.5) is 5.82 Å². The minimum absolute atomic E-state index is 0.292. The van der Waals surface area contributed by atoms with E-state index in [-0.39, 0.29) is 5.91 Å². The van der Waals surface area contributed by atoms with Crippen LogP contribution < -0.4 is 5.32 Å². The van der Waals surface area contributed by atoms with E-state index in [1.54, 1.807) is 29.2 Å². The molecule has 4 aromatic rings. The minimum atomic E-state index is -0.292. The molecule has 134 valence electrons. The number of carbonyl (C=O) groups excluding carboxylic acids is 1. The van der Waals surface area contributed by atoms with E-state index in [9.17, 15) is 4.79 Å². The smallest absolute Gasteiger partial charge is 0.274 e. The van der Waals surface area contributed by atoms with Crippen LogP contribution in [0.25, 0.3) is 11.3 Å². The van der Waals surface area contributed by atoms with Gasteiger partial charge in [-0.2, -0.15) is 10.2 Å². The molecule has 2 N–H and O–H groups in total. The summed E-state index contributed by atoms with van der Waals surface area (Å²) in [7, 11) is 0. The van der Waals surface area contributed by atoms with Gasteiger partial charge in [0.2, 0.25) is 0 Å². The largest absolute Gasteiger partial charge is 0.304 e. The molecule has 0 unspecified atom stereocenters. The van der Waals surface area contributed by atoms with E-state index in [4.69, 9.17) is 0 Å². The van der Waals surface area contributed by atoms with Crippen LogP contribution in [-0.2, 0) is 6.54 Å². The Morgan fingerprint density at radius 3 is 2.67 bits per heavy atom. The predicted octanol–water partition coefficient (Wildman–Crippen LogP) is 3.73. The standard InChI is InChI=1S/C19H15BrN6O/c20-15-3-1-14(2-4-15)16-11-17(24-23-16)19(27)22-18-7-10-26(25-18)12-13-5-8-21-9-6-13/h1-11H,12H2,(H,23,24)(H,22,25,27). The summed E-state index contributed by atoms with van der Waals surface area (Å²) < 4.78 is 2.74. The van der Waals surface area contributed by atoms with Crippen LogP contribution in [0.3, 0.4) is 0 Å². The number of anilines is 1. The maximum atomic E-state index is 12.4. The van der Waals surface area contributed by atoms with Gasteiger partial charge in [0.1, 0.15) is 5.69 Å². The van der Waals surface area contributed by atoms with Crippen molar-refractivity contribution in [1.29, 1.82) is 0 Å². The quantitative estimate of drug-likeness (QED) is 0.512. The number of halogens is 1. The number of hydrogen-bond donors (Lipinski definition) is 2. The lowest BCUT2D eigenvalue weighted by atomic mass is 10.1. The summed E-state index contributed by atoms with van der Waals surface area (Å²) in [4.78, 5) is 16.4. The number of carbonyl (C=O) groups is 1. The van der Waals surface area contributed by atoms with Crippen LogP contribution in [0, 0.1) is 0 Å². The number of hydrogen-bond acceptors (Lipinski definition) is 4. The van der Waals surface area contributed by atoms with Crippen molar-refractivity contribution in [1.82, 2.24) is 25.0 Å². The van der Waals surface area contributed by atoms with Gasteiger partial charge in [0.25, 0.3) is 5.91 Å². The molecular formula is C19H15BrN6O. The van der Waals surface area contributed by atoms with Crippen LogP contribution in [0.5, 0.6) is 0 Å². The molecule has 27 heavy (non-hydrogen) atoms. The molecule has 0 aliphatic heterocycles. The number of benzene rings is 1. The first-order valence-electron chi connectivity index (χ1n) is 8.22. The Balaban J connectivity index is 1.43. The molecule has 0 saturated heterocycles. The van der Waals surface area contributed by atoms with Crippen molar-refractivity contribution in [3.8, 4) is 11.3 Å². The molecule has 0 radical (unpaired) electrons. The summed E-state index contributed by atoms with van der Waals surface area (Å²) in [5.41, 5.74) is 3.08. The number of pyridine rings is 1. The lowest BCUT2D eigenvalue weighted by molar-refractivity contribution is 0.102. The molecule has 0 saturated carbocycles. The molecule has 7 nitrogen and oxygen atoms in total. The first kappa shape index (κ1) is 17.2. The molecular weight excluding hydrogens is 408 g/mol. The molecule has 0 bridgehead atoms. The van der Waals surface area contributed by atoms with E-state index < -0.39 is 0 Å². The molecule has 0 aliphatic rings. The fourth-order valence-corrected chi connectivity index (χ4v) is 2.85. The Morgan fingerprint density at radius 1 is 1.11 bits per heavy atom. The predicted molar refractivity (Wildman–Crippen MR) is 105 cm³/mol. The number of aromatic amines is 1. The number of aromatic nitrogens is 5. The molecule has 8 heteroatoms. The first-order chi connectivity index (χ1) is 13.2. The van der Waals surface area contributed by atoms with E-state index in [2.05, 4.69) is 41.5 Å². The Morgan fingerprint density at radius 2 is 1.89 bits per heavy atom. The first-order valence-corrected chi connectivity index (χ1v) is 9.02. The third-order valence-electron chi connectivity index (χ3n) is 3.94. The second kappa shape index (κ2) is 7.55. The van der Waals surface area contributed by atoms with Gasteiger partial charge in [0.15, 0.2) is 5.82 Å². The molecule has 3 aromatic heterocycles. The van der Waals surface area contributed by atoms with Gasteiger partial charge in [-0.15, -0.1) is 0 Å². The molecule has 0 fully saturated rings. The molecule has 4 rings (SSSR count). The van der Waals surface area contributed by atoms with Crippen LogP contribution >= 0.6 is 15.9 Å². The minimum Gasteiger partial charge on any atom is -0.304 e. The number of amides is 1. The molecule has 3 heterocycles. The van der Waals surface area contributed by atoms with E-state index in [1.807, 2.05) is 42.6 Å². The topological polar surface area (TPSA) is 88.5 Å². The van der Waals surface area contributed by atoms with Crippen LogP contribution in [0.1, 0.15) is 16.1 Å². The molecule has 0 aliphatic carbocycles. The maximum absolute atomic E-state index is 12.4. The summed E-state index contributed by atoms with van der Waals surface area (Å²) in [5.74, 6) is 0.189. The zero-order valence-electron chi connectivity index (χ0n) is 14.1. The van der Waals surface area contributed by atoms with Gasteiger partial charge >= 0.3 is 0 Å². The van der Waals surface area contributed by atoms with E-state index in [0.717, 1.165) is 15.6 Å². The van der Waals surface area contributed by atoms with Crippen LogP contribution in [0.2, 0.25) is 0 Å². The van der Waals surface area contributed by atoms with Gasteiger partial charge in [-0.05, 0) is 35.9 Å². The molecule has 1 amide bonds. The Labute approximate surface area is 163 Å². The summed E-state index contributed by atoms with van der Waals surface area (Å²) >= 11 is 3.40. The fraction of sp³-hybridized carbons (Fsp3) is 0.0526. The molecule has 1 aromatic carbocycles. The van der Waals surface area contributed by atoms with Crippen LogP contribution in [-0.4, -0.2) is 30.9 Å². The van der Waals surface area contributed by atoms with E-state index in [0.29, 0.717) is 23.8 Å². The van der Waals surface area contributed by atoms with Crippen molar-refractivity contribution in [2.45, 2.75) is 6.54 Å². The molecule has 0 atom stereocenters. The number of nitrogens with zero attached hydrogens (tertiary/aromatic N) is 4. The van der Waals surface area contributed by atoms with Crippen molar-refractivity contribution in [3.05, 3.63) is 82.9 Å². The molecule has 0 spiro atoms.